The van der Waals surface area contributed by atoms with E-state index < -0.39 is 0 Å². The Balaban J connectivity index is 1.99. The lowest BCUT2D eigenvalue weighted by Crippen LogP contribution is -2.50. The van der Waals surface area contributed by atoms with Gasteiger partial charge in [-0.1, -0.05) is 6.92 Å². The molecule has 0 aromatic heterocycles. The van der Waals surface area contributed by atoms with E-state index in [1.165, 1.54) is 25.7 Å². The molecule has 0 atom stereocenters. The summed E-state index contributed by atoms with van der Waals surface area (Å²) in [7, 11) is 0. The number of aliphatic imine (C=N–C) groups is 1. The monoisotopic (exact) mass is 196 g/mol. The van der Waals surface area contributed by atoms with E-state index >= 15 is 0 Å². The van der Waals surface area contributed by atoms with Crippen molar-refractivity contribution in [3.8, 4) is 0 Å². The fourth-order valence-corrected chi connectivity index (χ4v) is 2.18. The third kappa shape index (κ3) is 1.47. The van der Waals surface area contributed by atoms with Crippen LogP contribution in [0.4, 0.5) is 0 Å². The minimum absolute atomic E-state index is 0.299. The Morgan fingerprint density at radius 2 is 2.00 bits per heavy atom. The number of hydrogen-bond donors (Lipinski definition) is 3. The van der Waals surface area contributed by atoms with E-state index in [2.05, 4.69) is 22.7 Å². The summed E-state index contributed by atoms with van der Waals surface area (Å²) >= 11 is 0. The molecule has 2 aliphatic rings. The number of guanidine groups is 1. The summed E-state index contributed by atoms with van der Waals surface area (Å²) in [5.41, 5.74) is 3.44. The Labute approximate surface area is 85.3 Å². The first-order valence-corrected chi connectivity index (χ1v) is 5.45. The van der Waals surface area contributed by atoms with Crippen LogP contribution in [0.3, 0.4) is 0 Å². The SMILES string of the molecule is CCN=C(NN)NC1(C2(C)CC2)CC1. The lowest BCUT2D eigenvalue weighted by atomic mass is 9.96. The molecule has 0 heterocycles. The predicted molar refractivity (Wildman–Crippen MR) is 57.7 cm³/mol. The van der Waals surface area contributed by atoms with Gasteiger partial charge in [-0.2, -0.15) is 0 Å². The van der Waals surface area contributed by atoms with Crippen molar-refractivity contribution < 1.29 is 0 Å². The normalized spacial score (nSPS) is 26.9. The molecule has 80 valence electrons. The van der Waals surface area contributed by atoms with Crippen molar-refractivity contribution in [1.29, 1.82) is 0 Å². The third-order valence-electron chi connectivity index (χ3n) is 3.72. The molecule has 0 unspecified atom stereocenters. The standard InChI is InChI=1S/C10H20N4/c1-3-12-8(14-11)13-10(6-7-10)9(2)4-5-9/h3-7,11H2,1-2H3,(H2,12,13,14). The van der Waals surface area contributed by atoms with Crippen molar-refractivity contribution in [3.05, 3.63) is 0 Å². The van der Waals surface area contributed by atoms with Gasteiger partial charge in [-0.05, 0) is 38.0 Å². The number of nitrogens with two attached hydrogens (primary N) is 1. The Kier molecular flexibility index (Phi) is 2.18. The molecule has 0 aromatic carbocycles. The summed E-state index contributed by atoms with van der Waals surface area (Å²) < 4.78 is 0. The smallest absolute Gasteiger partial charge is 0.206 e. The Morgan fingerprint density at radius 1 is 1.36 bits per heavy atom. The molecule has 2 fully saturated rings. The van der Waals surface area contributed by atoms with Crippen molar-refractivity contribution in [2.75, 3.05) is 6.54 Å². The van der Waals surface area contributed by atoms with Crippen LogP contribution < -0.4 is 16.6 Å². The summed E-state index contributed by atoms with van der Waals surface area (Å²) in [4.78, 5) is 4.28. The highest BCUT2D eigenvalue weighted by Gasteiger charge is 2.63. The fraction of sp³-hybridized carbons (Fsp3) is 0.900. The Hall–Kier alpha value is -0.770. The average molecular weight is 196 g/mol. The maximum atomic E-state index is 5.41. The molecule has 4 heteroatoms. The zero-order valence-corrected chi connectivity index (χ0v) is 9.06. The van der Waals surface area contributed by atoms with E-state index in [0.717, 1.165) is 12.5 Å². The molecule has 0 amide bonds. The first-order valence-electron chi connectivity index (χ1n) is 5.45. The van der Waals surface area contributed by atoms with Gasteiger partial charge in [0.15, 0.2) is 0 Å². The van der Waals surface area contributed by atoms with Gasteiger partial charge in [0.1, 0.15) is 0 Å². The van der Waals surface area contributed by atoms with Gasteiger partial charge in [0.25, 0.3) is 0 Å². The van der Waals surface area contributed by atoms with E-state index in [1.807, 2.05) is 6.92 Å². The topological polar surface area (TPSA) is 62.4 Å². The number of hydrogen-bond acceptors (Lipinski definition) is 2. The molecule has 4 N–H and O–H groups in total. The minimum Gasteiger partial charge on any atom is -0.349 e. The van der Waals surface area contributed by atoms with Gasteiger partial charge >= 0.3 is 0 Å². The Morgan fingerprint density at radius 3 is 2.36 bits per heavy atom. The van der Waals surface area contributed by atoms with Crippen LogP contribution in [0.5, 0.6) is 0 Å². The van der Waals surface area contributed by atoms with Crippen LogP contribution in [0.25, 0.3) is 0 Å². The van der Waals surface area contributed by atoms with Gasteiger partial charge in [0.2, 0.25) is 5.96 Å². The highest BCUT2D eigenvalue weighted by atomic mass is 15.4. The van der Waals surface area contributed by atoms with Crippen molar-refractivity contribution in [3.63, 3.8) is 0 Å². The second kappa shape index (κ2) is 3.12. The van der Waals surface area contributed by atoms with Gasteiger partial charge in [0.05, 0.1) is 0 Å². The van der Waals surface area contributed by atoms with Gasteiger partial charge in [-0.25, -0.2) is 5.84 Å². The minimum atomic E-state index is 0.299. The maximum Gasteiger partial charge on any atom is 0.206 e. The number of nitrogens with one attached hydrogen (secondary N) is 2. The van der Waals surface area contributed by atoms with Crippen molar-refractivity contribution in [2.45, 2.75) is 45.1 Å². The van der Waals surface area contributed by atoms with Crippen LogP contribution in [0.1, 0.15) is 39.5 Å². The number of rotatable bonds is 3. The molecule has 2 aliphatic carbocycles. The maximum absolute atomic E-state index is 5.41. The largest absolute Gasteiger partial charge is 0.349 e. The third-order valence-corrected chi connectivity index (χ3v) is 3.72. The van der Waals surface area contributed by atoms with Gasteiger partial charge in [0, 0.05) is 12.1 Å². The van der Waals surface area contributed by atoms with Gasteiger partial charge in [-0.3, -0.25) is 10.4 Å². The summed E-state index contributed by atoms with van der Waals surface area (Å²) in [5, 5.41) is 3.47. The summed E-state index contributed by atoms with van der Waals surface area (Å²) in [6.07, 6.45) is 5.19. The quantitative estimate of drug-likeness (QED) is 0.270. The second-order valence-corrected chi connectivity index (χ2v) is 4.74. The zero-order chi connectivity index (χ0) is 10.2. The summed E-state index contributed by atoms with van der Waals surface area (Å²) in [6, 6.07) is 0. The van der Waals surface area contributed by atoms with E-state index in [0.29, 0.717) is 11.0 Å². The van der Waals surface area contributed by atoms with Crippen molar-refractivity contribution >= 4 is 5.96 Å². The first kappa shape index (κ1) is 9.77. The molecule has 2 rings (SSSR count). The number of nitrogens with zero attached hydrogens (tertiary/aromatic N) is 1. The van der Waals surface area contributed by atoms with Crippen LogP contribution in [0, 0.1) is 5.41 Å². The van der Waals surface area contributed by atoms with Crippen molar-refractivity contribution in [1.82, 2.24) is 10.7 Å². The predicted octanol–water partition coefficient (Wildman–Crippen LogP) is 0.748. The highest BCUT2D eigenvalue weighted by molar-refractivity contribution is 5.80. The van der Waals surface area contributed by atoms with Crippen LogP contribution in [0.15, 0.2) is 4.99 Å². The lowest BCUT2D eigenvalue weighted by Gasteiger charge is -2.25. The molecule has 0 saturated heterocycles. The molecule has 0 aliphatic heterocycles. The highest BCUT2D eigenvalue weighted by Crippen LogP contribution is 2.63. The number of hydrazine groups is 1. The van der Waals surface area contributed by atoms with E-state index in [9.17, 15) is 0 Å². The fourth-order valence-electron chi connectivity index (χ4n) is 2.18. The van der Waals surface area contributed by atoms with Crippen LogP contribution in [-0.2, 0) is 0 Å². The molecule has 0 bridgehead atoms. The molecular formula is C10H20N4. The molecule has 0 radical (unpaired) electrons. The Bertz CT molecular complexity index is 251. The summed E-state index contributed by atoms with van der Waals surface area (Å²) in [6.45, 7) is 5.13. The molecule has 0 aromatic rings. The van der Waals surface area contributed by atoms with Gasteiger partial charge < -0.3 is 5.32 Å². The molecule has 2 saturated carbocycles. The van der Waals surface area contributed by atoms with E-state index in [1.54, 1.807) is 0 Å². The van der Waals surface area contributed by atoms with E-state index in [4.69, 9.17) is 5.84 Å². The molecule has 4 nitrogen and oxygen atoms in total. The molecule has 0 spiro atoms. The van der Waals surface area contributed by atoms with Crippen LogP contribution in [-0.4, -0.2) is 18.0 Å². The van der Waals surface area contributed by atoms with Crippen LogP contribution >= 0.6 is 0 Å². The van der Waals surface area contributed by atoms with Crippen molar-refractivity contribution in [2.24, 2.45) is 16.3 Å². The average Bonchev–Trinajstić information content (AvgIpc) is 3.03. The van der Waals surface area contributed by atoms with E-state index in [-0.39, 0.29) is 0 Å². The molecular weight excluding hydrogens is 176 g/mol. The van der Waals surface area contributed by atoms with Crippen LogP contribution in [0.2, 0.25) is 0 Å². The first-order chi connectivity index (χ1) is 6.66. The molecule has 14 heavy (non-hydrogen) atoms. The lowest BCUT2D eigenvalue weighted by molar-refractivity contribution is 0.377. The second-order valence-electron chi connectivity index (χ2n) is 4.74. The summed E-state index contributed by atoms with van der Waals surface area (Å²) in [5.74, 6) is 6.16. The van der Waals surface area contributed by atoms with Gasteiger partial charge in [-0.15, -0.1) is 0 Å². The zero-order valence-electron chi connectivity index (χ0n) is 9.06.